The molecule has 0 aromatic heterocycles. The van der Waals surface area contributed by atoms with Crippen molar-refractivity contribution in [1.29, 1.82) is 0 Å². The summed E-state index contributed by atoms with van der Waals surface area (Å²) in [5.41, 5.74) is 3.08. The molecule has 2 aliphatic heterocycles. The predicted molar refractivity (Wildman–Crippen MR) is 75.4 cm³/mol. The van der Waals surface area contributed by atoms with Gasteiger partial charge in [0.15, 0.2) is 0 Å². The minimum absolute atomic E-state index is 0.805. The molecule has 2 aliphatic rings. The fourth-order valence-corrected chi connectivity index (χ4v) is 3.51. The second-order valence-corrected chi connectivity index (χ2v) is 5.77. The minimum atomic E-state index is 0.805. The molecule has 3 rings (SSSR count). The number of likely N-dealkylation sites (tertiary alicyclic amines) is 1. The molecule has 0 aliphatic carbocycles. The summed E-state index contributed by atoms with van der Waals surface area (Å²) in [7, 11) is 0. The highest BCUT2D eigenvalue weighted by Crippen LogP contribution is 2.25. The van der Waals surface area contributed by atoms with Crippen LogP contribution in [-0.4, -0.2) is 35.5 Å². The molecule has 0 radical (unpaired) electrons. The van der Waals surface area contributed by atoms with Crippen molar-refractivity contribution in [3.05, 3.63) is 35.4 Å². The summed E-state index contributed by atoms with van der Waals surface area (Å²) < 4.78 is 0. The fourth-order valence-electron chi connectivity index (χ4n) is 3.51. The van der Waals surface area contributed by atoms with Crippen LogP contribution in [0.3, 0.4) is 0 Å². The Bertz CT molecular complexity index is 377. The lowest BCUT2D eigenvalue weighted by Gasteiger charge is -2.28. The van der Waals surface area contributed by atoms with Gasteiger partial charge >= 0.3 is 0 Å². The highest BCUT2D eigenvalue weighted by Gasteiger charge is 2.27. The first-order valence-electron chi connectivity index (χ1n) is 7.40. The molecule has 18 heavy (non-hydrogen) atoms. The average Bonchev–Trinajstić information content (AvgIpc) is 2.97. The summed E-state index contributed by atoms with van der Waals surface area (Å²) in [6.45, 7) is 8.47. The van der Waals surface area contributed by atoms with Crippen LogP contribution in [0.1, 0.15) is 37.3 Å². The number of rotatable bonds is 4. The van der Waals surface area contributed by atoms with Crippen molar-refractivity contribution >= 4 is 0 Å². The van der Waals surface area contributed by atoms with Crippen molar-refractivity contribution in [2.45, 2.75) is 45.3 Å². The van der Waals surface area contributed by atoms with Crippen LogP contribution in [-0.2, 0) is 13.1 Å². The van der Waals surface area contributed by atoms with Gasteiger partial charge in [-0.1, -0.05) is 31.2 Å². The van der Waals surface area contributed by atoms with E-state index in [4.69, 9.17) is 0 Å². The molecule has 2 heteroatoms. The van der Waals surface area contributed by atoms with Crippen molar-refractivity contribution in [2.24, 2.45) is 0 Å². The Morgan fingerprint density at radius 1 is 1.17 bits per heavy atom. The first kappa shape index (κ1) is 12.2. The molecule has 0 bridgehead atoms. The standard InChI is InChI=1S/C16H24N2/c1-2-9-18-10-5-8-16(18)13-17-11-14-6-3-4-7-15(14)12-17/h3-4,6-7,16H,2,5,8-13H2,1H3. The van der Waals surface area contributed by atoms with E-state index in [-0.39, 0.29) is 0 Å². The lowest BCUT2D eigenvalue weighted by atomic mass is 10.1. The zero-order valence-electron chi connectivity index (χ0n) is 11.4. The van der Waals surface area contributed by atoms with Crippen LogP contribution < -0.4 is 0 Å². The number of benzene rings is 1. The predicted octanol–water partition coefficient (Wildman–Crippen LogP) is 2.88. The topological polar surface area (TPSA) is 6.48 Å². The smallest absolute Gasteiger partial charge is 0.0241 e. The van der Waals surface area contributed by atoms with Crippen molar-refractivity contribution in [3.63, 3.8) is 0 Å². The van der Waals surface area contributed by atoms with Crippen LogP contribution in [0.25, 0.3) is 0 Å². The van der Waals surface area contributed by atoms with Crippen molar-refractivity contribution in [1.82, 2.24) is 9.80 Å². The zero-order valence-corrected chi connectivity index (χ0v) is 11.4. The molecule has 1 aromatic carbocycles. The molecular formula is C16H24N2. The average molecular weight is 244 g/mol. The fraction of sp³-hybridized carbons (Fsp3) is 0.625. The van der Waals surface area contributed by atoms with Gasteiger partial charge in [0.05, 0.1) is 0 Å². The second-order valence-electron chi connectivity index (χ2n) is 5.77. The Balaban J connectivity index is 1.59. The molecule has 0 spiro atoms. The Morgan fingerprint density at radius 2 is 1.89 bits per heavy atom. The molecule has 1 atom stereocenters. The number of hydrogen-bond donors (Lipinski definition) is 0. The van der Waals surface area contributed by atoms with Gasteiger partial charge in [-0.05, 0) is 43.5 Å². The van der Waals surface area contributed by atoms with Gasteiger partial charge < -0.3 is 0 Å². The lowest BCUT2D eigenvalue weighted by molar-refractivity contribution is 0.172. The molecule has 98 valence electrons. The number of nitrogens with zero attached hydrogens (tertiary/aromatic N) is 2. The minimum Gasteiger partial charge on any atom is -0.299 e. The molecule has 1 unspecified atom stereocenters. The SMILES string of the molecule is CCCN1CCCC1CN1Cc2ccccc2C1. The third-order valence-electron chi connectivity index (χ3n) is 4.39. The Hall–Kier alpha value is -0.860. The van der Waals surface area contributed by atoms with Gasteiger partial charge in [-0.2, -0.15) is 0 Å². The monoisotopic (exact) mass is 244 g/mol. The van der Waals surface area contributed by atoms with E-state index in [1.807, 2.05) is 0 Å². The van der Waals surface area contributed by atoms with Gasteiger partial charge in [0, 0.05) is 25.7 Å². The summed E-state index contributed by atoms with van der Waals surface area (Å²) in [6, 6.07) is 9.71. The van der Waals surface area contributed by atoms with Crippen LogP contribution in [0.5, 0.6) is 0 Å². The summed E-state index contributed by atoms with van der Waals surface area (Å²) in [6.07, 6.45) is 4.08. The van der Waals surface area contributed by atoms with E-state index in [9.17, 15) is 0 Å². The maximum absolute atomic E-state index is 2.70. The largest absolute Gasteiger partial charge is 0.299 e. The summed E-state index contributed by atoms with van der Waals surface area (Å²) in [5, 5.41) is 0. The quantitative estimate of drug-likeness (QED) is 0.803. The van der Waals surface area contributed by atoms with E-state index in [1.54, 1.807) is 0 Å². The summed E-state index contributed by atoms with van der Waals surface area (Å²) in [4.78, 5) is 5.33. The van der Waals surface area contributed by atoms with Crippen molar-refractivity contribution < 1.29 is 0 Å². The van der Waals surface area contributed by atoms with Gasteiger partial charge in [0.2, 0.25) is 0 Å². The number of fused-ring (bicyclic) bond motifs is 1. The molecular weight excluding hydrogens is 220 g/mol. The van der Waals surface area contributed by atoms with E-state index < -0.39 is 0 Å². The van der Waals surface area contributed by atoms with Gasteiger partial charge in [0.1, 0.15) is 0 Å². The Labute approximate surface area is 111 Å². The van der Waals surface area contributed by atoms with Crippen LogP contribution in [0.2, 0.25) is 0 Å². The second kappa shape index (κ2) is 5.41. The maximum Gasteiger partial charge on any atom is 0.0241 e. The Morgan fingerprint density at radius 3 is 2.56 bits per heavy atom. The summed E-state index contributed by atoms with van der Waals surface area (Å²) >= 11 is 0. The molecule has 2 heterocycles. The van der Waals surface area contributed by atoms with E-state index in [2.05, 4.69) is 41.0 Å². The highest BCUT2D eigenvalue weighted by atomic mass is 15.2. The van der Waals surface area contributed by atoms with E-state index >= 15 is 0 Å². The van der Waals surface area contributed by atoms with Crippen molar-refractivity contribution in [3.8, 4) is 0 Å². The molecule has 2 nitrogen and oxygen atoms in total. The first-order valence-corrected chi connectivity index (χ1v) is 7.40. The lowest BCUT2D eigenvalue weighted by Crippen LogP contribution is -2.38. The van der Waals surface area contributed by atoms with E-state index in [1.165, 1.54) is 50.0 Å². The van der Waals surface area contributed by atoms with Crippen LogP contribution >= 0.6 is 0 Å². The normalized spacial score (nSPS) is 24.6. The third-order valence-corrected chi connectivity index (χ3v) is 4.39. The van der Waals surface area contributed by atoms with Crippen molar-refractivity contribution in [2.75, 3.05) is 19.6 Å². The third kappa shape index (κ3) is 2.45. The molecule has 0 amide bonds. The maximum atomic E-state index is 2.70. The van der Waals surface area contributed by atoms with E-state index in [0.717, 1.165) is 19.1 Å². The van der Waals surface area contributed by atoms with Crippen LogP contribution in [0.4, 0.5) is 0 Å². The van der Waals surface area contributed by atoms with E-state index in [0.29, 0.717) is 0 Å². The van der Waals surface area contributed by atoms with Gasteiger partial charge in [0.25, 0.3) is 0 Å². The molecule has 0 N–H and O–H groups in total. The molecule has 1 aromatic rings. The zero-order chi connectivity index (χ0) is 12.4. The first-order chi connectivity index (χ1) is 8.86. The molecule has 1 saturated heterocycles. The van der Waals surface area contributed by atoms with Crippen LogP contribution in [0, 0.1) is 0 Å². The van der Waals surface area contributed by atoms with Crippen LogP contribution in [0.15, 0.2) is 24.3 Å². The molecule has 0 saturated carbocycles. The highest BCUT2D eigenvalue weighted by molar-refractivity contribution is 5.30. The molecule has 1 fully saturated rings. The van der Waals surface area contributed by atoms with Gasteiger partial charge in [-0.25, -0.2) is 0 Å². The van der Waals surface area contributed by atoms with Gasteiger partial charge in [-0.3, -0.25) is 9.80 Å². The summed E-state index contributed by atoms with van der Waals surface area (Å²) in [5.74, 6) is 0. The number of hydrogen-bond acceptors (Lipinski definition) is 2. The van der Waals surface area contributed by atoms with Gasteiger partial charge in [-0.15, -0.1) is 0 Å². The Kier molecular flexibility index (Phi) is 3.67.